The van der Waals surface area contributed by atoms with Crippen LogP contribution in [0.3, 0.4) is 0 Å². The first-order valence-electron chi connectivity index (χ1n) is 23.3. The van der Waals surface area contributed by atoms with E-state index >= 15 is 8.78 Å². The van der Waals surface area contributed by atoms with Crippen LogP contribution < -0.4 is 0 Å². The van der Waals surface area contributed by atoms with Crippen molar-refractivity contribution in [2.24, 2.45) is 35.5 Å². The predicted molar refractivity (Wildman–Crippen MR) is 229 cm³/mol. The Morgan fingerprint density at radius 1 is 0.455 bits per heavy atom. The van der Waals surface area contributed by atoms with Gasteiger partial charge in [-0.25, -0.2) is 8.78 Å². The zero-order valence-corrected chi connectivity index (χ0v) is 34.6. The van der Waals surface area contributed by atoms with Crippen LogP contribution in [0, 0.1) is 47.1 Å². The van der Waals surface area contributed by atoms with Gasteiger partial charge >= 0.3 is 0 Å². The summed E-state index contributed by atoms with van der Waals surface area (Å²) in [6, 6.07) is 11.9. The molecule has 0 radical (unpaired) electrons. The van der Waals surface area contributed by atoms with Crippen LogP contribution in [-0.2, 0) is 17.6 Å². The van der Waals surface area contributed by atoms with Gasteiger partial charge in [0.05, 0.1) is 13.2 Å². The molecule has 0 saturated heterocycles. The molecule has 304 valence electrons. The standard InChI is InChI=1S/C52H76F2O/c1-3-5-7-39-9-13-41(14-10-39)17-19-43-21-25-45(26-22-43)49-31-29-47(51(53)37-49)33-35-55-36-34-48-30-32-50(38-52(48)54)46-27-23-44(24-28-46)20-18-42-15-11-40(12-16-42)8-6-4-2/h3-4,29-32,37-46H,1-2,5-28,33-36H2. The Labute approximate surface area is 335 Å². The number of allylic oxidation sites excluding steroid dienone is 2. The maximum Gasteiger partial charge on any atom is 0.126 e. The predicted octanol–water partition coefficient (Wildman–Crippen LogP) is 15.4. The van der Waals surface area contributed by atoms with Crippen molar-refractivity contribution in [3.63, 3.8) is 0 Å². The maximum absolute atomic E-state index is 15.2. The fourth-order valence-corrected chi connectivity index (χ4v) is 11.3. The normalized spacial score (nSPS) is 28.8. The van der Waals surface area contributed by atoms with Crippen molar-refractivity contribution in [1.29, 1.82) is 0 Å². The second kappa shape index (κ2) is 22.6. The molecule has 4 saturated carbocycles. The molecule has 0 aromatic heterocycles. The van der Waals surface area contributed by atoms with E-state index in [1.54, 1.807) is 12.1 Å². The van der Waals surface area contributed by atoms with E-state index in [0.29, 0.717) is 37.9 Å². The molecule has 0 unspecified atom stereocenters. The van der Waals surface area contributed by atoms with Crippen molar-refractivity contribution in [3.8, 4) is 0 Å². The molecule has 0 bridgehead atoms. The van der Waals surface area contributed by atoms with E-state index in [1.807, 2.05) is 12.1 Å². The second-order valence-corrected chi connectivity index (χ2v) is 18.9. The van der Waals surface area contributed by atoms with E-state index in [1.165, 1.54) is 165 Å². The summed E-state index contributed by atoms with van der Waals surface area (Å²) in [6.07, 6.45) is 37.2. The largest absolute Gasteiger partial charge is 0.381 e. The lowest BCUT2D eigenvalue weighted by Gasteiger charge is -2.32. The summed E-state index contributed by atoms with van der Waals surface area (Å²) in [5.74, 6) is 6.26. The molecule has 0 atom stereocenters. The topological polar surface area (TPSA) is 9.23 Å². The van der Waals surface area contributed by atoms with Crippen LogP contribution in [0.25, 0.3) is 0 Å². The monoisotopic (exact) mass is 755 g/mol. The first-order chi connectivity index (χ1) is 27.0. The average molecular weight is 755 g/mol. The van der Waals surface area contributed by atoms with Crippen LogP contribution in [0.1, 0.15) is 188 Å². The highest BCUT2D eigenvalue weighted by atomic mass is 19.1. The Balaban J connectivity index is 0.822. The Morgan fingerprint density at radius 3 is 1.07 bits per heavy atom. The Bertz CT molecular complexity index is 1310. The highest BCUT2D eigenvalue weighted by molar-refractivity contribution is 5.29. The second-order valence-electron chi connectivity index (χ2n) is 18.9. The number of hydrogen-bond acceptors (Lipinski definition) is 1. The summed E-state index contributed by atoms with van der Waals surface area (Å²) in [5.41, 5.74) is 3.80. The number of rotatable bonds is 20. The lowest BCUT2D eigenvalue weighted by molar-refractivity contribution is 0.139. The number of benzene rings is 2. The lowest BCUT2D eigenvalue weighted by Crippen LogP contribution is -2.18. The van der Waals surface area contributed by atoms with Gasteiger partial charge in [-0.2, -0.15) is 0 Å². The van der Waals surface area contributed by atoms with Gasteiger partial charge in [0.2, 0.25) is 0 Å². The summed E-state index contributed by atoms with van der Waals surface area (Å²) in [7, 11) is 0. The number of halogens is 2. The van der Waals surface area contributed by atoms with E-state index in [9.17, 15) is 0 Å². The van der Waals surface area contributed by atoms with Gasteiger partial charge in [-0.15, -0.1) is 13.2 Å². The molecule has 3 heteroatoms. The molecule has 55 heavy (non-hydrogen) atoms. The van der Waals surface area contributed by atoms with Crippen LogP contribution in [0.4, 0.5) is 8.78 Å². The summed E-state index contributed by atoms with van der Waals surface area (Å²) < 4.78 is 36.3. The molecule has 4 aliphatic carbocycles. The summed E-state index contributed by atoms with van der Waals surface area (Å²) in [4.78, 5) is 0. The molecule has 4 fully saturated rings. The lowest BCUT2D eigenvalue weighted by atomic mass is 9.74. The molecule has 2 aromatic carbocycles. The van der Waals surface area contributed by atoms with E-state index in [-0.39, 0.29) is 11.6 Å². The number of ether oxygens (including phenoxy) is 1. The van der Waals surface area contributed by atoms with Crippen molar-refractivity contribution in [2.75, 3.05) is 13.2 Å². The molecule has 0 aliphatic heterocycles. The third-order valence-electron chi connectivity index (χ3n) is 15.3. The molecule has 1 nitrogen and oxygen atoms in total. The molecule has 0 heterocycles. The molecular formula is C52H76F2O. The minimum absolute atomic E-state index is 0.0972. The molecule has 2 aromatic rings. The Morgan fingerprint density at radius 2 is 0.764 bits per heavy atom. The van der Waals surface area contributed by atoms with Gasteiger partial charge < -0.3 is 4.74 Å². The van der Waals surface area contributed by atoms with Gasteiger partial charge in [0.25, 0.3) is 0 Å². The third kappa shape index (κ3) is 13.4. The summed E-state index contributed by atoms with van der Waals surface area (Å²) in [6.45, 7) is 8.70. The quantitative estimate of drug-likeness (QED) is 0.0966. The number of hydrogen-bond donors (Lipinski definition) is 0. The molecular weight excluding hydrogens is 679 g/mol. The van der Waals surface area contributed by atoms with Crippen molar-refractivity contribution >= 4 is 0 Å². The van der Waals surface area contributed by atoms with Crippen molar-refractivity contribution in [1.82, 2.24) is 0 Å². The zero-order chi connectivity index (χ0) is 38.2. The van der Waals surface area contributed by atoms with E-state index in [0.717, 1.165) is 46.6 Å². The SMILES string of the molecule is C=CCCC1CCC(CCC2CCC(c3ccc(CCOCCc4ccc(C5CCC(CCC6CCC(CCC=C)CC6)CC5)cc4F)c(F)c3)CC2)CC1. The molecule has 6 rings (SSSR count). The average Bonchev–Trinajstić information content (AvgIpc) is 3.22. The summed E-state index contributed by atoms with van der Waals surface area (Å²) >= 11 is 0. The van der Waals surface area contributed by atoms with Crippen LogP contribution in [0.2, 0.25) is 0 Å². The summed E-state index contributed by atoms with van der Waals surface area (Å²) in [5, 5.41) is 0. The zero-order valence-electron chi connectivity index (χ0n) is 34.6. The fraction of sp³-hybridized carbons (Fsp3) is 0.692. The Kier molecular flexibility index (Phi) is 17.4. The smallest absolute Gasteiger partial charge is 0.126 e. The Hall–Kier alpha value is -2.26. The molecule has 4 aliphatic rings. The van der Waals surface area contributed by atoms with Gasteiger partial charge in [-0.05, 0) is 172 Å². The third-order valence-corrected chi connectivity index (χ3v) is 15.3. The highest BCUT2D eigenvalue weighted by Gasteiger charge is 2.27. The minimum Gasteiger partial charge on any atom is -0.381 e. The maximum atomic E-state index is 15.2. The van der Waals surface area contributed by atoms with Crippen LogP contribution in [0.5, 0.6) is 0 Å². The molecule has 0 N–H and O–H groups in total. The van der Waals surface area contributed by atoms with Gasteiger partial charge in [-0.3, -0.25) is 0 Å². The van der Waals surface area contributed by atoms with Crippen molar-refractivity contribution < 1.29 is 13.5 Å². The van der Waals surface area contributed by atoms with Gasteiger partial charge in [0.15, 0.2) is 0 Å². The van der Waals surface area contributed by atoms with E-state index < -0.39 is 0 Å². The minimum atomic E-state index is -0.0972. The highest BCUT2D eigenvalue weighted by Crippen LogP contribution is 2.42. The van der Waals surface area contributed by atoms with E-state index in [2.05, 4.69) is 37.4 Å². The van der Waals surface area contributed by atoms with Crippen molar-refractivity contribution in [2.45, 2.75) is 179 Å². The first kappa shape index (κ1) is 42.3. The van der Waals surface area contributed by atoms with Crippen molar-refractivity contribution in [3.05, 3.63) is 95.6 Å². The van der Waals surface area contributed by atoms with Crippen LogP contribution in [0.15, 0.2) is 61.7 Å². The molecule has 0 amide bonds. The molecule has 0 spiro atoms. The fourth-order valence-electron chi connectivity index (χ4n) is 11.3. The van der Waals surface area contributed by atoms with Crippen LogP contribution in [-0.4, -0.2) is 13.2 Å². The first-order valence-corrected chi connectivity index (χ1v) is 23.3. The van der Waals surface area contributed by atoms with Crippen LogP contribution >= 0.6 is 0 Å². The van der Waals surface area contributed by atoms with Gasteiger partial charge in [-0.1, -0.05) is 113 Å². The van der Waals surface area contributed by atoms with E-state index in [4.69, 9.17) is 4.74 Å². The van der Waals surface area contributed by atoms with Gasteiger partial charge in [0, 0.05) is 0 Å². The van der Waals surface area contributed by atoms with Gasteiger partial charge in [0.1, 0.15) is 11.6 Å².